The highest BCUT2D eigenvalue weighted by Crippen LogP contribution is 2.27. The average molecular weight is 424 g/mol. The number of hydrogen-bond acceptors (Lipinski definition) is 4. The van der Waals surface area contributed by atoms with Crippen LogP contribution >= 0.6 is 11.6 Å². The van der Waals surface area contributed by atoms with Gasteiger partial charge in [-0.05, 0) is 23.8 Å². The molecule has 0 aliphatic carbocycles. The van der Waals surface area contributed by atoms with Gasteiger partial charge in [0.05, 0.1) is 17.5 Å². The summed E-state index contributed by atoms with van der Waals surface area (Å²) in [5, 5.41) is 5.47. The van der Waals surface area contributed by atoms with Crippen LogP contribution in [0.3, 0.4) is 0 Å². The molecule has 2 N–H and O–H groups in total. The Balaban J connectivity index is 2.21. The molecule has 0 fully saturated rings. The highest BCUT2D eigenvalue weighted by molar-refractivity contribution is 7.89. The van der Waals surface area contributed by atoms with Gasteiger partial charge in [0.1, 0.15) is 4.90 Å². The van der Waals surface area contributed by atoms with Crippen molar-refractivity contribution >= 4 is 39.1 Å². The van der Waals surface area contributed by atoms with Gasteiger partial charge in [0.15, 0.2) is 0 Å². The van der Waals surface area contributed by atoms with Gasteiger partial charge in [-0.25, -0.2) is 12.7 Å². The van der Waals surface area contributed by atoms with E-state index in [1.54, 1.807) is 0 Å². The summed E-state index contributed by atoms with van der Waals surface area (Å²) in [6.07, 6.45) is -0.0119. The number of carbonyl (C=O) groups excluding carboxylic acids is 2. The van der Waals surface area contributed by atoms with Crippen molar-refractivity contribution in [2.45, 2.75) is 24.3 Å². The monoisotopic (exact) mass is 423 g/mol. The summed E-state index contributed by atoms with van der Waals surface area (Å²) >= 11 is 6.02. The lowest BCUT2D eigenvalue weighted by molar-refractivity contribution is -0.120. The van der Waals surface area contributed by atoms with Gasteiger partial charge in [0.2, 0.25) is 21.8 Å². The number of anilines is 1. The van der Waals surface area contributed by atoms with E-state index in [0.717, 1.165) is 9.87 Å². The van der Waals surface area contributed by atoms with Gasteiger partial charge in [-0.3, -0.25) is 9.59 Å². The van der Waals surface area contributed by atoms with Crippen LogP contribution in [-0.2, 0) is 19.6 Å². The lowest BCUT2D eigenvalue weighted by atomic mass is 10.0. The highest BCUT2D eigenvalue weighted by atomic mass is 35.5. The topological polar surface area (TPSA) is 95.6 Å². The van der Waals surface area contributed by atoms with Crippen molar-refractivity contribution in [3.63, 3.8) is 0 Å². The van der Waals surface area contributed by atoms with Crippen LogP contribution in [0.2, 0.25) is 5.02 Å². The van der Waals surface area contributed by atoms with Crippen molar-refractivity contribution in [2.24, 2.45) is 0 Å². The molecule has 2 amide bonds. The molecule has 0 aliphatic heterocycles. The molecule has 0 bridgehead atoms. The average Bonchev–Trinajstić information content (AvgIpc) is 2.63. The molecule has 9 heteroatoms. The number of amides is 2. The van der Waals surface area contributed by atoms with Crippen molar-refractivity contribution in [1.29, 1.82) is 0 Å². The van der Waals surface area contributed by atoms with E-state index in [4.69, 9.17) is 11.6 Å². The molecule has 0 heterocycles. The van der Waals surface area contributed by atoms with Crippen molar-refractivity contribution in [3.8, 4) is 0 Å². The standard InChI is InChI=1S/C19H22ClN3O4S/c1-13(24)21-17(14-7-5-4-6-8-14)12-19(25)22-15-9-10-16(20)18(11-15)28(26,27)23(2)3/h4-11,17H,12H2,1-3H3,(H,21,24)(H,22,25). The maximum atomic E-state index is 12.5. The molecular weight excluding hydrogens is 402 g/mol. The third-order valence-corrected chi connectivity index (χ3v) is 6.24. The Morgan fingerprint density at radius 1 is 1.11 bits per heavy atom. The fourth-order valence-electron chi connectivity index (χ4n) is 2.56. The normalized spacial score (nSPS) is 12.5. The fourth-order valence-corrected chi connectivity index (χ4v) is 3.95. The molecular formula is C19H22ClN3O4S. The molecule has 0 aliphatic rings. The first-order valence-electron chi connectivity index (χ1n) is 8.45. The lowest BCUT2D eigenvalue weighted by Crippen LogP contribution is -2.29. The SMILES string of the molecule is CC(=O)NC(CC(=O)Nc1ccc(Cl)c(S(=O)(=O)N(C)C)c1)c1ccccc1. The van der Waals surface area contributed by atoms with Crippen molar-refractivity contribution in [2.75, 3.05) is 19.4 Å². The second-order valence-corrected chi connectivity index (χ2v) is 8.88. The number of nitrogens with one attached hydrogen (secondary N) is 2. The maximum Gasteiger partial charge on any atom is 0.244 e. The lowest BCUT2D eigenvalue weighted by Gasteiger charge is -2.18. The number of nitrogens with zero attached hydrogens (tertiary/aromatic N) is 1. The summed E-state index contributed by atoms with van der Waals surface area (Å²) in [7, 11) is -0.959. The summed E-state index contributed by atoms with van der Waals surface area (Å²) in [5.74, 6) is -0.634. The molecule has 0 saturated heterocycles. The molecule has 0 saturated carbocycles. The fraction of sp³-hybridized carbons (Fsp3) is 0.263. The summed E-state index contributed by atoms with van der Waals surface area (Å²) in [6, 6.07) is 12.9. The molecule has 1 unspecified atom stereocenters. The van der Waals surface area contributed by atoms with Gasteiger partial charge in [-0.2, -0.15) is 0 Å². The molecule has 7 nitrogen and oxygen atoms in total. The largest absolute Gasteiger partial charge is 0.349 e. The number of hydrogen-bond donors (Lipinski definition) is 2. The Labute approximate surface area is 169 Å². The number of benzene rings is 2. The van der Waals surface area contributed by atoms with E-state index >= 15 is 0 Å². The minimum atomic E-state index is -3.75. The van der Waals surface area contributed by atoms with Crippen LogP contribution in [0.4, 0.5) is 5.69 Å². The zero-order chi connectivity index (χ0) is 20.9. The Kier molecular flexibility index (Phi) is 7.17. The summed E-state index contributed by atoms with van der Waals surface area (Å²) in [4.78, 5) is 23.9. The van der Waals surface area contributed by atoms with E-state index in [1.165, 1.54) is 39.2 Å². The first-order valence-corrected chi connectivity index (χ1v) is 10.3. The van der Waals surface area contributed by atoms with Crippen LogP contribution in [0.1, 0.15) is 24.9 Å². The van der Waals surface area contributed by atoms with Gasteiger partial charge in [0.25, 0.3) is 0 Å². The maximum absolute atomic E-state index is 12.5. The van der Waals surface area contributed by atoms with Gasteiger partial charge >= 0.3 is 0 Å². The number of sulfonamides is 1. The first-order chi connectivity index (χ1) is 13.1. The number of halogens is 1. The van der Waals surface area contributed by atoms with E-state index in [9.17, 15) is 18.0 Å². The zero-order valence-corrected chi connectivity index (χ0v) is 17.3. The predicted molar refractivity (Wildman–Crippen MR) is 109 cm³/mol. The smallest absolute Gasteiger partial charge is 0.244 e. The molecule has 0 aromatic heterocycles. The number of carbonyl (C=O) groups is 2. The molecule has 150 valence electrons. The van der Waals surface area contributed by atoms with E-state index in [0.29, 0.717) is 5.69 Å². The molecule has 0 spiro atoms. The van der Waals surface area contributed by atoms with Crippen LogP contribution in [0.25, 0.3) is 0 Å². The minimum absolute atomic E-state index is 0.0119. The van der Waals surface area contributed by atoms with Crippen molar-refractivity contribution in [1.82, 2.24) is 9.62 Å². The van der Waals surface area contributed by atoms with E-state index in [2.05, 4.69) is 10.6 Å². The Bertz CT molecular complexity index is 962. The second kappa shape index (κ2) is 9.18. The summed E-state index contributed by atoms with van der Waals surface area (Å²) in [6.45, 7) is 1.38. The number of rotatable bonds is 7. The van der Waals surface area contributed by atoms with E-state index in [-0.39, 0.29) is 28.2 Å². The Hall–Kier alpha value is -2.42. The van der Waals surface area contributed by atoms with E-state index < -0.39 is 16.1 Å². The van der Waals surface area contributed by atoms with Crippen molar-refractivity contribution in [3.05, 3.63) is 59.1 Å². The zero-order valence-electron chi connectivity index (χ0n) is 15.8. The summed E-state index contributed by atoms with van der Waals surface area (Å²) < 4.78 is 25.8. The third kappa shape index (κ3) is 5.54. The quantitative estimate of drug-likeness (QED) is 0.715. The highest BCUT2D eigenvalue weighted by Gasteiger charge is 2.22. The van der Waals surface area contributed by atoms with Crippen LogP contribution < -0.4 is 10.6 Å². The summed E-state index contributed by atoms with van der Waals surface area (Å²) in [5.41, 5.74) is 1.09. The van der Waals surface area contributed by atoms with Crippen LogP contribution in [-0.4, -0.2) is 38.6 Å². The van der Waals surface area contributed by atoms with Gasteiger partial charge in [-0.15, -0.1) is 0 Å². The third-order valence-electron chi connectivity index (χ3n) is 3.94. The van der Waals surface area contributed by atoms with Gasteiger partial charge in [-0.1, -0.05) is 41.9 Å². The van der Waals surface area contributed by atoms with E-state index in [1.807, 2.05) is 30.3 Å². The van der Waals surface area contributed by atoms with Gasteiger partial charge < -0.3 is 10.6 Å². The Morgan fingerprint density at radius 2 is 1.75 bits per heavy atom. The molecule has 2 aromatic carbocycles. The predicted octanol–water partition coefficient (Wildman–Crippen LogP) is 2.80. The Morgan fingerprint density at radius 3 is 2.32 bits per heavy atom. The second-order valence-electron chi connectivity index (χ2n) is 6.35. The van der Waals surface area contributed by atoms with Crippen LogP contribution in [0.5, 0.6) is 0 Å². The van der Waals surface area contributed by atoms with Crippen molar-refractivity contribution < 1.29 is 18.0 Å². The van der Waals surface area contributed by atoms with Crippen LogP contribution in [0.15, 0.2) is 53.4 Å². The first kappa shape index (κ1) is 21.9. The molecule has 2 rings (SSSR count). The molecule has 2 aromatic rings. The minimum Gasteiger partial charge on any atom is -0.349 e. The molecule has 28 heavy (non-hydrogen) atoms. The molecule has 0 radical (unpaired) electrons. The van der Waals surface area contributed by atoms with Crippen LogP contribution in [0, 0.1) is 0 Å². The van der Waals surface area contributed by atoms with Gasteiger partial charge in [0, 0.05) is 26.7 Å². The molecule has 1 atom stereocenters.